The van der Waals surface area contributed by atoms with Crippen molar-refractivity contribution in [1.82, 2.24) is 10.2 Å². The first-order valence-electron chi connectivity index (χ1n) is 5.50. The zero-order valence-electron chi connectivity index (χ0n) is 10.5. The molecule has 0 atom stereocenters. The van der Waals surface area contributed by atoms with E-state index in [1.807, 2.05) is 20.8 Å². The van der Waals surface area contributed by atoms with E-state index in [9.17, 15) is 18.0 Å². The van der Waals surface area contributed by atoms with Crippen molar-refractivity contribution >= 4 is 11.7 Å². The van der Waals surface area contributed by atoms with Crippen LogP contribution in [0.2, 0.25) is 0 Å². The maximum Gasteiger partial charge on any atom is 0.389 e. The predicted molar refractivity (Wildman–Crippen MR) is 61.2 cm³/mol. The molecule has 1 rings (SSSR count). The minimum atomic E-state index is -4.32. The summed E-state index contributed by atoms with van der Waals surface area (Å²) < 4.78 is 35.7. The van der Waals surface area contributed by atoms with E-state index in [0.717, 1.165) is 5.69 Å². The minimum absolute atomic E-state index is 0.165. The summed E-state index contributed by atoms with van der Waals surface area (Å²) in [7, 11) is 0. The lowest BCUT2D eigenvalue weighted by atomic mass is 9.92. The number of alkyl halides is 3. The largest absolute Gasteiger partial charge is 0.389 e. The molecule has 7 heteroatoms. The molecule has 0 aliphatic rings. The molecular formula is C11H16F3N3O. The summed E-state index contributed by atoms with van der Waals surface area (Å²) in [6, 6.07) is 1.62. The number of halogens is 3. The highest BCUT2D eigenvalue weighted by molar-refractivity contribution is 5.89. The second-order valence-corrected chi connectivity index (χ2v) is 5.08. The van der Waals surface area contributed by atoms with Gasteiger partial charge in [-0.15, -0.1) is 0 Å². The van der Waals surface area contributed by atoms with Crippen molar-refractivity contribution in [2.24, 2.45) is 0 Å². The Morgan fingerprint density at radius 2 is 2.00 bits per heavy atom. The van der Waals surface area contributed by atoms with Crippen LogP contribution in [0.3, 0.4) is 0 Å². The monoisotopic (exact) mass is 263 g/mol. The Morgan fingerprint density at radius 1 is 1.39 bits per heavy atom. The lowest BCUT2D eigenvalue weighted by Crippen LogP contribution is -2.16. The van der Waals surface area contributed by atoms with Crippen molar-refractivity contribution in [3.63, 3.8) is 0 Å². The van der Waals surface area contributed by atoms with E-state index >= 15 is 0 Å². The van der Waals surface area contributed by atoms with Crippen LogP contribution >= 0.6 is 0 Å². The zero-order chi connectivity index (χ0) is 14.0. The summed E-state index contributed by atoms with van der Waals surface area (Å²) in [6.45, 7) is 5.86. The van der Waals surface area contributed by atoms with E-state index < -0.39 is 24.9 Å². The molecule has 1 aromatic rings. The maximum atomic E-state index is 11.9. The number of aromatic amines is 1. The molecular weight excluding hydrogens is 247 g/mol. The average Bonchev–Trinajstić information content (AvgIpc) is 2.61. The fourth-order valence-electron chi connectivity index (χ4n) is 1.23. The van der Waals surface area contributed by atoms with Crippen LogP contribution in [0.25, 0.3) is 0 Å². The highest BCUT2D eigenvalue weighted by Crippen LogP contribution is 2.23. The molecule has 1 heterocycles. The number of hydrogen-bond acceptors (Lipinski definition) is 2. The van der Waals surface area contributed by atoms with Gasteiger partial charge in [0.15, 0.2) is 5.82 Å². The van der Waals surface area contributed by atoms with Gasteiger partial charge in [-0.2, -0.15) is 18.3 Å². The van der Waals surface area contributed by atoms with Crippen molar-refractivity contribution in [2.75, 3.05) is 5.32 Å². The van der Waals surface area contributed by atoms with Gasteiger partial charge < -0.3 is 5.32 Å². The predicted octanol–water partition coefficient (Wildman–Crippen LogP) is 2.99. The Hall–Kier alpha value is -1.53. The number of aromatic nitrogens is 2. The molecule has 1 aromatic heterocycles. The normalized spacial score (nSPS) is 12.6. The number of carbonyl (C=O) groups is 1. The molecule has 0 fully saturated rings. The smallest absolute Gasteiger partial charge is 0.309 e. The Balaban J connectivity index is 2.53. The zero-order valence-corrected chi connectivity index (χ0v) is 10.5. The first kappa shape index (κ1) is 14.5. The summed E-state index contributed by atoms with van der Waals surface area (Å²) in [5, 5.41) is 8.89. The van der Waals surface area contributed by atoms with Crippen molar-refractivity contribution in [1.29, 1.82) is 0 Å². The molecule has 2 N–H and O–H groups in total. The third-order valence-electron chi connectivity index (χ3n) is 2.29. The Kier molecular flexibility index (Phi) is 4.03. The quantitative estimate of drug-likeness (QED) is 0.880. The summed E-state index contributed by atoms with van der Waals surface area (Å²) in [6.07, 6.45) is -6.05. The van der Waals surface area contributed by atoms with Gasteiger partial charge in [0.25, 0.3) is 0 Å². The second-order valence-electron chi connectivity index (χ2n) is 5.08. The average molecular weight is 263 g/mol. The fraction of sp³-hybridized carbons (Fsp3) is 0.636. The molecule has 0 unspecified atom stereocenters. The molecule has 1 amide bonds. The first-order chi connectivity index (χ1) is 8.08. The van der Waals surface area contributed by atoms with E-state index in [4.69, 9.17) is 0 Å². The van der Waals surface area contributed by atoms with Crippen LogP contribution in [-0.2, 0) is 10.2 Å². The number of carbonyl (C=O) groups excluding carboxylic acids is 1. The molecule has 0 saturated heterocycles. The highest BCUT2D eigenvalue weighted by atomic mass is 19.4. The van der Waals surface area contributed by atoms with Crippen LogP contribution in [0, 0.1) is 0 Å². The third kappa shape index (κ3) is 4.77. The molecule has 4 nitrogen and oxygen atoms in total. The SMILES string of the molecule is CC(C)(C)c1cc(NC(=O)CCC(F)(F)F)n[nH]1. The van der Waals surface area contributed by atoms with Gasteiger partial charge in [0.2, 0.25) is 5.91 Å². The van der Waals surface area contributed by atoms with Crippen LogP contribution < -0.4 is 5.32 Å². The summed E-state index contributed by atoms with van der Waals surface area (Å²) >= 11 is 0. The van der Waals surface area contributed by atoms with Crippen molar-refractivity contribution in [3.8, 4) is 0 Å². The topological polar surface area (TPSA) is 57.8 Å². The minimum Gasteiger partial charge on any atom is -0.309 e. The molecule has 0 aliphatic carbocycles. The Labute approximate surface area is 103 Å². The summed E-state index contributed by atoms with van der Waals surface area (Å²) in [5.74, 6) is -0.452. The van der Waals surface area contributed by atoms with E-state index in [-0.39, 0.29) is 11.2 Å². The van der Waals surface area contributed by atoms with Gasteiger partial charge in [-0.1, -0.05) is 20.8 Å². The van der Waals surface area contributed by atoms with Gasteiger partial charge in [-0.3, -0.25) is 9.89 Å². The van der Waals surface area contributed by atoms with Gasteiger partial charge in [0, 0.05) is 23.6 Å². The van der Waals surface area contributed by atoms with Crippen LogP contribution in [0.4, 0.5) is 19.0 Å². The maximum absolute atomic E-state index is 11.9. The van der Waals surface area contributed by atoms with Crippen molar-refractivity contribution < 1.29 is 18.0 Å². The van der Waals surface area contributed by atoms with Gasteiger partial charge in [0.05, 0.1) is 6.42 Å². The van der Waals surface area contributed by atoms with Gasteiger partial charge in [-0.25, -0.2) is 0 Å². The number of amides is 1. The van der Waals surface area contributed by atoms with E-state index in [1.54, 1.807) is 6.07 Å². The number of H-pyrrole nitrogens is 1. The third-order valence-corrected chi connectivity index (χ3v) is 2.29. The van der Waals surface area contributed by atoms with Gasteiger partial charge >= 0.3 is 6.18 Å². The number of nitrogens with one attached hydrogen (secondary N) is 2. The van der Waals surface area contributed by atoms with E-state index in [2.05, 4.69) is 15.5 Å². The standard InChI is InChI=1S/C11H16F3N3O/c1-10(2,3)7-6-8(17-16-7)15-9(18)4-5-11(12,13)14/h6H,4-5H2,1-3H3,(H2,15,16,17,18). The Morgan fingerprint density at radius 3 is 2.44 bits per heavy atom. The van der Waals surface area contributed by atoms with Crippen LogP contribution in [0.15, 0.2) is 6.07 Å². The number of anilines is 1. The van der Waals surface area contributed by atoms with Crippen LogP contribution in [0.5, 0.6) is 0 Å². The highest BCUT2D eigenvalue weighted by Gasteiger charge is 2.28. The molecule has 0 spiro atoms. The van der Waals surface area contributed by atoms with Gasteiger partial charge in [-0.05, 0) is 0 Å². The summed E-state index contributed by atoms with van der Waals surface area (Å²) in [4.78, 5) is 11.3. The molecule has 0 radical (unpaired) electrons. The summed E-state index contributed by atoms with van der Waals surface area (Å²) in [5.41, 5.74) is 0.635. The van der Waals surface area contributed by atoms with Crippen LogP contribution in [0.1, 0.15) is 39.3 Å². The number of nitrogens with zero attached hydrogens (tertiary/aromatic N) is 1. The number of rotatable bonds is 3. The molecule has 0 aliphatic heterocycles. The fourth-order valence-corrected chi connectivity index (χ4v) is 1.23. The van der Waals surface area contributed by atoms with Gasteiger partial charge in [0.1, 0.15) is 0 Å². The number of hydrogen-bond donors (Lipinski definition) is 2. The van der Waals surface area contributed by atoms with Crippen molar-refractivity contribution in [3.05, 3.63) is 11.8 Å². The lowest BCUT2D eigenvalue weighted by Gasteiger charge is -2.14. The van der Waals surface area contributed by atoms with E-state index in [1.165, 1.54) is 0 Å². The molecule has 18 heavy (non-hydrogen) atoms. The van der Waals surface area contributed by atoms with Crippen LogP contribution in [-0.4, -0.2) is 22.3 Å². The lowest BCUT2D eigenvalue weighted by molar-refractivity contribution is -0.142. The van der Waals surface area contributed by atoms with Crippen molar-refractivity contribution in [2.45, 2.75) is 45.2 Å². The first-order valence-corrected chi connectivity index (χ1v) is 5.50. The molecule has 102 valence electrons. The molecule has 0 saturated carbocycles. The second kappa shape index (κ2) is 4.99. The van der Waals surface area contributed by atoms with E-state index in [0.29, 0.717) is 0 Å². The molecule has 0 bridgehead atoms. The molecule has 0 aromatic carbocycles. The Bertz CT molecular complexity index is 418.